The first-order valence-corrected chi connectivity index (χ1v) is 8.90. The highest BCUT2D eigenvalue weighted by Crippen LogP contribution is 2.22. The molecule has 0 amide bonds. The fourth-order valence-corrected chi connectivity index (χ4v) is 4.17. The number of nitrogens with one attached hydrogen (secondary N) is 1. The smallest absolute Gasteiger partial charge is 0.259 e. The molecule has 0 spiro atoms. The molecule has 0 aromatic carbocycles. The van der Waals surface area contributed by atoms with Gasteiger partial charge >= 0.3 is 0 Å². The van der Waals surface area contributed by atoms with Gasteiger partial charge in [0.1, 0.15) is 5.82 Å². The minimum Gasteiger partial charge on any atom is -0.337 e. The van der Waals surface area contributed by atoms with Gasteiger partial charge in [0.05, 0.1) is 11.7 Å². The maximum Gasteiger partial charge on any atom is 0.259 e. The highest BCUT2D eigenvalue weighted by Gasteiger charge is 2.27. The van der Waals surface area contributed by atoms with Gasteiger partial charge in [0.25, 0.3) is 5.56 Å². The van der Waals surface area contributed by atoms with Crippen molar-refractivity contribution in [2.45, 2.75) is 19.5 Å². The highest BCUT2D eigenvalue weighted by atomic mass is 32.1. The largest absolute Gasteiger partial charge is 0.337 e. The fourth-order valence-electron chi connectivity index (χ4n) is 3.28. The molecule has 4 rings (SSSR count). The second-order valence-electron chi connectivity index (χ2n) is 6.17. The third-order valence-electron chi connectivity index (χ3n) is 4.50. The molecule has 1 atom stereocenters. The molecule has 3 aromatic rings. The first-order chi connectivity index (χ1) is 11.6. The van der Waals surface area contributed by atoms with E-state index < -0.39 is 0 Å². The second kappa shape index (κ2) is 6.12. The number of aryl methyl sites for hydroxylation is 2. The van der Waals surface area contributed by atoms with E-state index in [1.807, 2.05) is 31.7 Å². The Labute approximate surface area is 143 Å². The number of thiazole rings is 1. The first kappa shape index (κ1) is 15.5. The predicted molar refractivity (Wildman–Crippen MR) is 93.3 cm³/mol. The highest BCUT2D eigenvalue weighted by molar-refractivity contribution is 7.15. The van der Waals surface area contributed by atoms with Crippen molar-refractivity contribution < 1.29 is 0 Å². The molecular weight excluding hydrogens is 324 g/mol. The SMILES string of the molecule is Cc1csc2nc(CN3CCNCC3c3nccn3C)cc(=O)n12. The lowest BCUT2D eigenvalue weighted by atomic mass is 10.1. The van der Waals surface area contributed by atoms with Gasteiger partial charge in [0.15, 0.2) is 4.96 Å². The van der Waals surface area contributed by atoms with Crippen LogP contribution in [-0.4, -0.2) is 43.5 Å². The lowest BCUT2D eigenvalue weighted by molar-refractivity contribution is 0.143. The van der Waals surface area contributed by atoms with Gasteiger partial charge in [-0.2, -0.15) is 0 Å². The summed E-state index contributed by atoms with van der Waals surface area (Å²) in [5.41, 5.74) is 1.76. The zero-order chi connectivity index (χ0) is 16.7. The van der Waals surface area contributed by atoms with Gasteiger partial charge < -0.3 is 9.88 Å². The van der Waals surface area contributed by atoms with E-state index in [9.17, 15) is 4.79 Å². The first-order valence-electron chi connectivity index (χ1n) is 8.02. The Morgan fingerprint density at radius 3 is 3.12 bits per heavy atom. The monoisotopic (exact) mass is 344 g/mol. The number of hydrogen-bond donors (Lipinski definition) is 1. The molecule has 1 saturated heterocycles. The molecule has 4 heterocycles. The van der Waals surface area contributed by atoms with Crippen molar-refractivity contribution in [3.05, 3.63) is 51.4 Å². The van der Waals surface area contributed by atoms with Crippen LogP contribution < -0.4 is 10.9 Å². The Morgan fingerprint density at radius 2 is 2.33 bits per heavy atom. The standard InChI is InChI=1S/C16H20N6OS/c1-11-10-24-16-19-12(7-14(23)22(11)16)9-21-6-3-17-8-13(21)15-18-4-5-20(15)2/h4-5,7,10,13,17H,3,6,8-9H2,1-2H3. The van der Waals surface area contributed by atoms with Crippen molar-refractivity contribution in [1.82, 2.24) is 29.2 Å². The van der Waals surface area contributed by atoms with Gasteiger partial charge in [-0.05, 0) is 6.92 Å². The van der Waals surface area contributed by atoms with Crippen LogP contribution in [0.5, 0.6) is 0 Å². The van der Waals surface area contributed by atoms with Crippen LogP contribution in [0.25, 0.3) is 4.96 Å². The van der Waals surface area contributed by atoms with Crippen molar-refractivity contribution in [2.24, 2.45) is 7.05 Å². The van der Waals surface area contributed by atoms with Crippen molar-refractivity contribution in [3.63, 3.8) is 0 Å². The molecule has 0 saturated carbocycles. The molecule has 1 aliphatic rings. The van der Waals surface area contributed by atoms with Crippen LogP contribution in [-0.2, 0) is 13.6 Å². The van der Waals surface area contributed by atoms with E-state index in [0.29, 0.717) is 6.54 Å². The summed E-state index contributed by atoms with van der Waals surface area (Å²) in [6, 6.07) is 1.84. The molecule has 1 unspecified atom stereocenters. The number of nitrogens with zero attached hydrogens (tertiary/aromatic N) is 5. The van der Waals surface area contributed by atoms with Crippen molar-refractivity contribution in [1.29, 1.82) is 0 Å². The van der Waals surface area contributed by atoms with Crippen molar-refractivity contribution in [3.8, 4) is 0 Å². The van der Waals surface area contributed by atoms with Crippen molar-refractivity contribution in [2.75, 3.05) is 19.6 Å². The Morgan fingerprint density at radius 1 is 1.46 bits per heavy atom. The van der Waals surface area contributed by atoms with E-state index in [2.05, 4.69) is 24.8 Å². The predicted octanol–water partition coefficient (Wildman–Crippen LogP) is 0.944. The Bertz CT molecular complexity index is 926. The van der Waals surface area contributed by atoms with Crippen LogP contribution in [0.4, 0.5) is 0 Å². The van der Waals surface area contributed by atoms with Crippen LogP contribution >= 0.6 is 11.3 Å². The molecule has 0 bridgehead atoms. The van der Waals surface area contributed by atoms with Gasteiger partial charge in [0, 0.05) is 62.8 Å². The lowest BCUT2D eigenvalue weighted by Crippen LogP contribution is -2.46. The quantitative estimate of drug-likeness (QED) is 0.766. The van der Waals surface area contributed by atoms with E-state index in [0.717, 1.165) is 41.8 Å². The average molecular weight is 344 g/mol. The summed E-state index contributed by atoms with van der Waals surface area (Å²) in [6.45, 7) is 5.27. The summed E-state index contributed by atoms with van der Waals surface area (Å²) in [5, 5.41) is 5.40. The van der Waals surface area contributed by atoms with E-state index in [4.69, 9.17) is 0 Å². The Balaban J connectivity index is 1.65. The summed E-state index contributed by atoms with van der Waals surface area (Å²) in [4.78, 5) is 24.7. The Kier molecular flexibility index (Phi) is 3.95. The van der Waals surface area contributed by atoms with E-state index in [1.165, 1.54) is 11.3 Å². The van der Waals surface area contributed by atoms with E-state index in [-0.39, 0.29) is 11.6 Å². The third-order valence-corrected chi connectivity index (χ3v) is 5.45. The van der Waals surface area contributed by atoms with Gasteiger partial charge in [-0.1, -0.05) is 0 Å². The van der Waals surface area contributed by atoms with Crippen LogP contribution in [0, 0.1) is 6.92 Å². The number of imidazole rings is 1. The summed E-state index contributed by atoms with van der Waals surface area (Å²) < 4.78 is 3.72. The number of piperazine rings is 1. The minimum absolute atomic E-state index is 0.00238. The third kappa shape index (κ3) is 2.66. The molecule has 1 fully saturated rings. The van der Waals surface area contributed by atoms with Crippen LogP contribution in [0.3, 0.4) is 0 Å². The number of hydrogen-bond acceptors (Lipinski definition) is 6. The maximum atomic E-state index is 12.4. The van der Waals surface area contributed by atoms with Crippen molar-refractivity contribution >= 4 is 16.3 Å². The summed E-state index contributed by atoms with van der Waals surface area (Å²) in [5.74, 6) is 1.03. The molecule has 126 valence electrons. The molecule has 1 aliphatic heterocycles. The minimum atomic E-state index is -0.00238. The van der Waals surface area contributed by atoms with E-state index in [1.54, 1.807) is 10.5 Å². The topological polar surface area (TPSA) is 67.5 Å². The van der Waals surface area contributed by atoms with Crippen LogP contribution in [0.15, 0.2) is 28.6 Å². The number of fused-ring (bicyclic) bond motifs is 1. The van der Waals surface area contributed by atoms with Gasteiger partial charge in [-0.3, -0.25) is 14.1 Å². The molecule has 0 aliphatic carbocycles. The molecule has 0 radical (unpaired) electrons. The molecular formula is C16H20N6OS. The summed E-state index contributed by atoms with van der Waals surface area (Å²) in [7, 11) is 2.01. The summed E-state index contributed by atoms with van der Waals surface area (Å²) >= 11 is 1.51. The average Bonchev–Trinajstić information content (AvgIpc) is 3.14. The Hall–Kier alpha value is -2.03. The van der Waals surface area contributed by atoms with Crippen LogP contribution in [0.1, 0.15) is 23.3 Å². The molecule has 24 heavy (non-hydrogen) atoms. The zero-order valence-electron chi connectivity index (χ0n) is 13.8. The van der Waals surface area contributed by atoms with Crippen LogP contribution in [0.2, 0.25) is 0 Å². The fraction of sp³-hybridized carbons (Fsp3) is 0.438. The molecule has 3 aromatic heterocycles. The normalized spacial score (nSPS) is 19.2. The molecule has 8 heteroatoms. The zero-order valence-corrected chi connectivity index (χ0v) is 14.6. The molecule has 1 N–H and O–H groups in total. The summed E-state index contributed by atoms with van der Waals surface area (Å²) in [6.07, 6.45) is 3.79. The van der Waals surface area contributed by atoms with Gasteiger partial charge in [-0.15, -0.1) is 11.3 Å². The maximum absolute atomic E-state index is 12.4. The number of aromatic nitrogens is 4. The second-order valence-corrected chi connectivity index (χ2v) is 7.00. The van der Waals surface area contributed by atoms with Gasteiger partial charge in [-0.25, -0.2) is 9.97 Å². The lowest BCUT2D eigenvalue weighted by Gasteiger charge is -2.35. The molecule has 7 nitrogen and oxygen atoms in total. The number of rotatable bonds is 3. The van der Waals surface area contributed by atoms with E-state index >= 15 is 0 Å². The van der Waals surface area contributed by atoms with Gasteiger partial charge in [0.2, 0.25) is 0 Å².